The lowest BCUT2D eigenvalue weighted by Crippen LogP contribution is -2.08. The monoisotopic (exact) mass is 361 g/mol. The molecular formula is C17H16BrNO3. The van der Waals surface area contributed by atoms with E-state index in [4.69, 9.17) is 4.74 Å². The maximum atomic E-state index is 12.0. The summed E-state index contributed by atoms with van der Waals surface area (Å²) in [4.78, 5) is 12.0. The van der Waals surface area contributed by atoms with Crippen LogP contribution in [0.25, 0.3) is 6.08 Å². The molecule has 0 saturated carbocycles. The molecular weight excluding hydrogens is 346 g/mol. The van der Waals surface area contributed by atoms with Crippen LogP contribution in [0, 0.1) is 6.92 Å². The van der Waals surface area contributed by atoms with E-state index < -0.39 is 0 Å². The lowest BCUT2D eigenvalue weighted by molar-refractivity contribution is -0.111. The Morgan fingerprint density at radius 2 is 2.05 bits per heavy atom. The summed E-state index contributed by atoms with van der Waals surface area (Å²) in [7, 11) is 1.57. The molecule has 0 aliphatic rings. The summed E-state index contributed by atoms with van der Waals surface area (Å²) >= 11 is 3.38. The maximum absolute atomic E-state index is 12.0. The summed E-state index contributed by atoms with van der Waals surface area (Å²) in [5.74, 6) is 0.376. The van der Waals surface area contributed by atoms with Gasteiger partial charge in [-0.25, -0.2) is 0 Å². The number of carbonyl (C=O) groups is 1. The first-order valence-electron chi connectivity index (χ1n) is 6.62. The zero-order valence-electron chi connectivity index (χ0n) is 12.3. The number of aryl methyl sites for hydroxylation is 1. The van der Waals surface area contributed by atoms with E-state index in [9.17, 15) is 9.90 Å². The van der Waals surface area contributed by atoms with Crippen LogP contribution in [0.4, 0.5) is 5.69 Å². The Morgan fingerprint density at radius 3 is 2.77 bits per heavy atom. The van der Waals surface area contributed by atoms with Gasteiger partial charge in [0.05, 0.1) is 12.8 Å². The molecule has 0 radical (unpaired) electrons. The van der Waals surface area contributed by atoms with E-state index in [2.05, 4.69) is 21.2 Å². The van der Waals surface area contributed by atoms with Gasteiger partial charge in [0.1, 0.15) is 11.5 Å². The lowest BCUT2D eigenvalue weighted by Gasteiger charge is -2.07. The Hall–Kier alpha value is -2.27. The van der Waals surface area contributed by atoms with Gasteiger partial charge in [-0.2, -0.15) is 0 Å². The van der Waals surface area contributed by atoms with Crippen LogP contribution in [0.1, 0.15) is 11.1 Å². The number of rotatable bonds is 4. The number of amides is 1. The first-order valence-corrected chi connectivity index (χ1v) is 7.41. The average molecular weight is 362 g/mol. The molecule has 5 heteroatoms. The third-order valence-corrected chi connectivity index (χ3v) is 3.51. The molecule has 0 unspecified atom stereocenters. The van der Waals surface area contributed by atoms with Crippen molar-refractivity contribution in [3.8, 4) is 11.5 Å². The molecule has 22 heavy (non-hydrogen) atoms. The summed E-state index contributed by atoms with van der Waals surface area (Å²) in [6, 6.07) is 10.6. The number of hydrogen-bond acceptors (Lipinski definition) is 3. The SMILES string of the molecule is COc1ccc(Br)cc1/C=C/C(=O)Nc1cc(C)ccc1O. The van der Waals surface area contributed by atoms with Crippen molar-refractivity contribution < 1.29 is 14.6 Å². The fourth-order valence-corrected chi connectivity index (χ4v) is 2.30. The van der Waals surface area contributed by atoms with Crippen molar-refractivity contribution in [1.29, 1.82) is 0 Å². The number of nitrogens with one attached hydrogen (secondary N) is 1. The van der Waals surface area contributed by atoms with Crippen molar-refractivity contribution in [2.75, 3.05) is 12.4 Å². The topological polar surface area (TPSA) is 58.6 Å². The van der Waals surface area contributed by atoms with Gasteiger partial charge in [0, 0.05) is 16.1 Å². The van der Waals surface area contributed by atoms with E-state index in [-0.39, 0.29) is 11.7 Å². The Bertz CT molecular complexity index is 726. The number of phenolic OH excluding ortho intramolecular Hbond substituents is 1. The number of aromatic hydroxyl groups is 1. The van der Waals surface area contributed by atoms with Crippen LogP contribution >= 0.6 is 15.9 Å². The zero-order chi connectivity index (χ0) is 16.1. The van der Waals surface area contributed by atoms with Crippen LogP contribution in [-0.4, -0.2) is 18.1 Å². The van der Waals surface area contributed by atoms with Crippen LogP contribution in [0.15, 0.2) is 46.9 Å². The van der Waals surface area contributed by atoms with Crippen LogP contribution < -0.4 is 10.1 Å². The number of phenols is 1. The molecule has 0 spiro atoms. The fourth-order valence-electron chi connectivity index (χ4n) is 1.93. The lowest BCUT2D eigenvalue weighted by atomic mass is 10.2. The fraction of sp³-hybridized carbons (Fsp3) is 0.118. The van der Waals surface area contributed by atoms with Crippen LogP contribution in [0.5, 0.6) is 11.5 Å². The molecule has 1 amide bonds. The molecule has 0 atom stereocenters. The standard InChI is InChI=1S/C17H16BrNO3/c1-11-3-6-15(20)14(9-11)19-17(21)8-4-12-10-13(18)5-7-16(12)22-2/h3-10,20H,1-2H3,(H,19,21)/b8-4+. The molecule has 2 rings (SSSR count). The van der Waals surface area contributed by atoms with Gasteiger partial charge in [-0.15, -0.1) is 0 Å². The van der Waals surface area contributed by atoms with E-state index in [1.54, 1.807) is 31.4 Å². The molecule has 2 aromatic carbocycles. The molecule has 0 aliphatic heterocycles. The van der Waals surface area contributed by atoms with Gasteiger partial charge in [0.25, 0.3) is 0 Å². The first kappa shape index (κ1) is 16.1. The van der Waals surface area contributed by atoms with Crippen LogP contribution in [0.3, 0.4) is 0 Å². The molecule has 2 N–H and O–H groups in total. The minimum absolute atomic E-state index is 0.0346. The highest BCUT2D eigenvalue weighted by Gasteiger charge is 2.05. The van der Waals surface area contributed by atoms with E-state index in [1.807, 2.05) is 25.1 Å². The number of methoxy groups -OCH3 is 1. The molecule has 114 valence electrons. The number of anilines is 1. The maximum Gasteiger partial charge on any atom is 0.248 e. The highest BCUT2D eigenvalue weighted by atomic mass is 79.9. The second-order valence-electron chi connectivity index (χ2n) is 4.73. The Morgan fingerprint density at radius 1 is 1.27 bits per heavy atom. The second-order valence-corrected chi connectivity index (χ2v) is 5.65. The molecule has 0 bridgehead atoms. The first-order chi connectivity index (χ1) is 10.5. The number of ether oxygens (including phenoxy) is 1. The summed E-state index contributed by atoms with van der Waals surface area (Å²) in [5, 5.41) is 12.4. The van der Waals surface area contributed by atoms with Gasteiger partial charge < -0.3 is 15.2 Å². The number of halogens is 1. The van der Waals surface area contributed by atoms with Gasteiger partial charge in [-0.3, -0.25) is 4.79 Å². The molecule has 2 aromatic rings. The third kappa shape index (κ3) is 4.11. The predicted molar refractivity (Wildman–Crippen MR) is 91.2 cm³/mol. The summed E-state index contributed by atoms with van der Waals surface area (Å²) in [5.41, 5.74) is 2.11. The average Bonchev–Trinajstić information content (AvgIpc) is 2.49. The summed E-state index contributed by atoms with van der Waals surface area (Å²) in [6.45, 7) is 1.89. The third-order valence-electron chi connectivity index (χ3n) is 3.02. The molecule has 4 nitrogen and oxygen atoms in total. The molecule has 0 heterocycles. The van der Waals surface area contributed by atoms with Crippen molar-refractivity contribution in [2.24, 2.45) is 0 Å². The minimum Gasteiger partial charge on any atom is -0.506 e. The summed E-state index contributed by atoms with van der Waals surface area (Å²) < 4.78 is 6.14. The minimum atomic E-state index is -0.331. The molecule has 0 aliphatic carbocycles. The van der Waals surface area contributed by atoms with Crippen molar-refractivity contribution in [3.05, 3.63) is 58.1 Å². The highest BCUT2D eigenvalue weighted by molar-refractivity contribution is 9.10. The largest absolute Gasteiger partial charge is 0.506 e. The quantitative estimate of drug-likeness (QED) is 0.635. The number of hydrogen-bond donors (Lipinski definition) is 2. The number of benzene rings is 2. The van der Waals surface area contributed by atoms with Crippen LogP contribution in [-0.2, 0) is 4.79 Å². The Labute approximate surface area is 137 Å². The smallest absolute Gasteiger partial charge is 0.248 e. The normalized spacial score (nSPS) is 10.7. The van der Waals surface area contributed by atoms with Gasteiger partial charge in [0.15, 0.2) is 0 Å². The van der Waals surface area contributed by atoms with Gasteiger partial charge in [0.2, 0.25) is 5.91 Å². The molecule has 0 saturated heterocycles. The number of carbonyl (C=O) groups excluding carboxylic acids is 1. The Kier molecular flexibility index (Phi) is 5.22. The summed E-state index contributed by atoms with van der Waals surface area (Å²) in [6.07, 6.45) is 3.05. The van der Waals surface area contributed by atoms with E-state index in [0.29, 0.717) is 11.4 Å². The van der Waals surface area contributed by atoms with Gasteiger partial charge in [-0.05, 0) is 48.9 Å². The zero-order valence-corrected chi connectivity index (χ0v) is 13.8. The molecule has 0 aromatic heterocycles. The van der Waals surface area contributed by atoms with Crippen molar-refractivity contribution in [2.45, 2.75) is 6.92 Å². The van der Waals surface area contributed by atoms with Gasteiger partial charge in [-0.1, -0.05) is 22.0 Å². The highest BCUT2D eigenvalue weighted by Crippen LogP contribution is 2.25. The van der Waals surface area contributed by atoms with E-state index in [1.165, 1.54) is 6.08 Å². The van der Waals surface area contributed by atoms with Crippen molar-refractivity contribution in [3.63, 3.8) is 0 Å². The predicted octanol–water partition coefficient (Wildman–Crippen LogP) is 4.12. The van der Waals surface area contributed by atoms with Crippen molar-refractivity contribution in [1.82, 2.24) is 0 Å². The van der Waals surface area contributed by atoms with Crippen LogP contribution in [0.2, 0.25) is 0 Å². The Balaban J connectivity index is 2.15. The molecule has 0 fully saturated rings. The van der Waals surface area contributed by atoms with E-state index >= 15 is 0 Å². The van der Waals surface area contributed by atoms with E-state index in [0.717, 1.165) is 15.6 Å². The van der Waals surface area contributed by atoms with Crippen molar-refractivity contribution >= 4 is 33.6 Å². The van der Waals surface area contributed by atoms with Gasteiger partial charge >= 0.3 is 0 Å². The second kappa shape index (κ2) is 7.13.